The van der Waals surface area contributed by atoms with Gasteiger partial charge >= 0.3 is 0 Å². The normalized spacial score (nSPS) is 42.7. The van der Waals surface area contributed by atoms with Crippen LogP contribution in [0.25, 0.3) is 0 Å². The van der Waals surface area contributed by atoms with Crippen LogP contribution in [0.15, 0.2) is 0 Å². The van der Waals surface area contributed by atoms with E-state index in [2.05, 4.69) is 0 Å². The lowest BCUT2D eigenvalue weighted by atomic mass is 10.2. The van der Waals surface area contributed by atoms with Crippen LogP contribution < -0.4 is 0 Å². The average molecular weight is 130 g/mol. The fraction of sp³-hybridized carbons (Fsp3) is 1.00. The molecule has 9 heavy (non-hydrogen) atoms. The highest BCUT2D eigenvalue weighted by atomic mass is 16.9. The first-order valence-corrected chi connectivity index (χ1v) is 3.34. The van der Waals surface area contributed by atoms with Gasteiger partial charge in [0.15, 0.2) is 0 Å². The van der Waals surface area contributed by atoms with E-state index in [0.717, 1.165) is 26.1 Å². The van der Waals surface area contributed by atoms with Gasteiger partial charge in [-0.2, -0.15) is 0 Å². The Hall–Kier alpha value is -0.120. The molecule has 0 radical (unpaired) electrons. The Morgan fingerprint density at radius 1 is 1.00 bits per heavy atom. The molecular weight excluding hydrogens is 120 g/mol. The molecule has 0 unspecified atom stereocenters. The quantitative estimate of drug-likeness (QED) is 0.477. The van der Waals surface area contributed by atoms with Crippen LogP contribution in [-0.2, 0) is 14.2 Å². The molecule has 0 saturated carbocycles. The van der Waals surface area contributed by atoms with E-state index in [0.29, 0.717) is 6.10 Å². The van der Waals surface area contributed by atoms with E-state index in [9.17, 15) is 0 Å². The van der Waals surface area contributed by atoms with Gasteiger partial charge in [-0.3, -0.25) is 0 Å². The van der Waals surface area contributed by atoms with Gasteiger partial charge in [-0.1, -0.05) is 0 Å². The minimum atomic E-state index is -0.350. The number of rotatable bonds is 0. The van der Waals surface area contributed by atoms with E-state index in [-0.39, 0.29) is 6.48 Å². The number of ether oxygens (including phenoxy) is 3. The third kappa shape index (κ3) is 1.08. The second-order valence-corrected chi connectivity index (χ2v) is 2.37. The molecule has 2 heterocycles. The van der Waals surface area contributed by atoms with Gasteiger partial charge in [0.1, 0.15) is 0 Å². The molecule has 2 saturated heterocycles. The SMILES string of the molecule is C1CC2CCOC(O1)O2. The molecule has 2 aliphatic rings. The Morgan fingerprint density at radius 2 is 1.67 bits per heavy atom. The van der Waals surface area contributed by atoms with Gasteiger partial charge in [0.05, 0.1) is 19.3 Å². The van der Waals surface area contributed by atoms with E-state index in [1.165, 1.54) is 0 Å². The minimum absolute atomic E-state index is 0.350. The van der Waals surface area contributed by atoms with Crippen molar-refractivity contribution in [3.05, 3.63) is 0 Å². The summed E-state index contributed by atoms with van der Waals surface area (Å²) < 4.78 is 15.5. The molecule has 0 aromatic carbocycles. The highest BCUT2D eigenvalue weighted by molar-refractivity contribution is 4.64. The number of hydrogen-bond donors (Lipinski definition) is 0. The van der Waals surface area contributed by atoms with Gasteiger partial charge < -0.3 is 14.2 Å². The second kappa shape index (κ2) is 2.25. The van der Waals surface area contributed by atoms with E-state index >= 15 is 0 Å². The largest absolute Gasteiger partial charge is 0.330 e. The van der Waals surface area contributed by atoms with E-state index < -0.39 is 0 Å². The molecular formula is C6H10O3. The Morgan fingerprint density at radius 3 is 2.11 bits per heavy atom. The Bertz CT molecular complexity index is 84.5. The van der Waals surface area contributed by atoms with Crippen LogP contribution in [0.2, 0.25) is 0 Å². The number of hydrogen-bond acceptors (Lipinski definition) is 3. The lowest BCUT2D eigenvalue weighted by Crippen LogP contribution is -2.39. The molecule has 2 aliphatic heterocycles. The zero-order valence-electron chi connectivity index (χ0n) is 5.21. The summed E-state index contributed by atoms with van der Waals surface area (Å²) in [6, 6.07) is 0. The third-order valence-electron chi connectivity index (χ3n) is 1.69. The van der Waals surface area contributed by atoms with E-state index in [1.807, 2.05) is 0 Å². The van der Waals surface area contributed by atoms with Gasteiger partial charge in [-0.15, -0.1) is 0 Å². The highest BCUT2D eigenvalue weighted by Crippen LogP contribution is 2.20. The van der Waals surface area contributed by atoms with Crippen molar-refractivity contribution < 1.29 is 14.2 Å². The van der Waals surface area contributed by atoms with Gasteiger partial charge in [0.25, 0.3) is 6.48 Å². The van der Waals surface area contributed by atoms with E-state index in [1.54, 1.807) is 0 Å². The van der Waals surface area contributed by atoms with Crippen LogP contribution in [-0.4, -0.2) is 25.8 Å². The maximum atomic E-state index is 5.28. The van der Waals surface area contributed by atoms with Crippen molar-refractivity contribution in [1.29, 1.82) is 0 Å². The zero-order chi connectivity index (χ0) is 6.10. The van der Waals surface area contributed by atoms with Crippen LogP contribution in [0, 0.1) is 0 Å². The van der Waals surface area contributed by atoms with Crippen molar-refractivity contribution in [1.82, 2.24) is 0 Å². The van der Waals surface area contributed by atoms with Crippen LogP contribution in [0.5, 0.6) is 0 Å². The molecule has 2 bridgehead atoms. The molecule has 0 aromatic heterocycles. The van der Waals surface area contributed by atoms with Gasteiger partial charge in [-0.25, -0.2) is 0 Å². The number of fused-ring (bicyclic) bond motifs is 2. The standard InChI is InChI=1S/C6H10O3/c1-3-7-6-8-4-2-5(1)9-6/h5-6H,1-4H2. The lowest BCUT2D eigenvalue weighted by Gasteiger charge is -2.34. The molecule has 3 nitrogen and oxygen atoms in total. The van der Waals surface area contributed by atoms with Crippen molar-refractivity contribution in [2.75, 3.05) is 13.2 Å². The second-order valence-electron chi connectivity index (χ2n) is 2.37. The summed E-state index contributed by atoms with van der Waals surface area (Å²) in [5, 5.41) is 0. The smallest absolute Gasteiger partial charge is 0.271 e. The third-order valence-corrected chi connectivity index (χ3v) is 1.69. The van der Waals surface area contributed by atoms with Crippen molar-refractivity contribution in [2.45, 2.75) is 25.4 Å². The molecule has 0 spiro atoms. The monoisotopic (exact) mass is 130 g/mol. The van der Waals surface area contributed by atoms with Crippen molar-refractivity contribution in [2.24, 2.45) is 0 Å². The summed E-state index contributed by atoms with van der Waals surface area (Å²) in [7, 11) is 0. The van der Waals surface area contributed by atoms with Crippen molar-refractivity contribution in [3.63, 3.8) is 0 Å². The Balaban J connectivity index is 1.96. The van der Waals surface area contributed by atoms with Crippen LogP contribution in [0.1, 0.15) is 12.8 Å². The van der Waals surface area contributed by atoms with Gasteiger partial charge in [0.2, 0.25) is 0 Å². The molecule has 0 atom stereocenters. The lowest BCUT2D eigenvalue weighted by molar-refractivity contribution is -0.356. The van der Waals surface area contributed by atoms with Gasteiger partial charge in [0, 0.05) is 0 Å². The molecule has 3 heteroatoms. The summed E-state index contributed by atoms with van der Waals surface area (Å²) in [6.07, 6.45) is 2.46. The highest BCUT2D eigenvalue weighted by Gasteiger charge is 2.27. The Labute approximate surface area is 53.9 Å². The van der Waals surface area contributed by atoms with Crippen LogP contribution >= 0.6 is 0 Å². The molecule has 2 fully saturated rings. The maximum absolute atomic E-state index is 5.28. The fourth-order valence-corrected chi connectivity index (χ4v) is 1.16. The molecule has 0 aromatic rings. The maximum Gasteiger partial charge on any atom is 0.271 e. The molecule has 0 amide bonds. The predicted molar refractivity (Wildman–Crippen MR) is 29.8 cm³/mol. The van der Waals surface area contributed by atoms with Crippen LogP contribution in [0.4, 0.5) is 0 Å². The first kappa shape index (κ1) is 5.65. The van der Waals surface area contributed by atoms with Crippen molar-refractivity contribution in [3.8, 4) is 0 Å². The average Bonchev–Trinajstić information content (AvgIpc) is 1.88. The molecule has 0 aliphatic carbocycles. The molecule has 2 rings (SSSR count). The predicted octanol–water partition coefficient (Wildman–Crippen LogP) is 0.496. The summed E-state index contributed by atoms with van der Waals surface area (Å²) in [5.74, 6) is 0. The minimum Gasteiger partial charge on any atom is -0.330 e. The topological polar surface area (TPSA) is 27.7 Å². The first-order chi connectivity index (χ1) is 4.45. The van der Waals surface area contributed by atoms with E-state index in [4.69, 9.17) is 14.2 Å². The van der Waals surface area contributed by atoms with Gasteiger partial charge in [-0.05, 0) is 12.8 Å². The summed E-state index contributed by atoms with van der Waals surface area (Å²) in [5.41, 5.74) is 0. The van der Waals surface area contributed by atoms with Crippen molar-refractivity contribution >= 4 is 0 Å². The summed E-state index contributed by atoms with van der Waals surface area (Å²) in [6.45, 7) is 1.22. The first-order valence-electron chi connectivity index (χ1n) is 3.34. The summed E-state index contributed by atoms with van der Waals surface area (Å²) in [4.78, 5) is 0. The molecule has 52 valence electrons. The summed E-state index contributed by atoms with van der Waals surface area (Å²) >= 11 is 0. The van der Waals surface area contributed by atoms with Crippen LogP contribution in [0.3, 0.4) is 0 Å². The fourth-order valence-electron chi connectivity index (χ4n) is 1.16. The Kier molecular flexibility index (Phi) is 1.41. The zero-order valence-corrected chi connectivity index (χ0v) is 5.21. The molecule has 0 N–H and O–H groups in total.